The summed E-state index contributed by atoms with van der Waals surface area (Å²) >= 11 is 0. The van der Waals surface area contributed by atoms with Crippen molar-refractivity contribution < 1.29 is 9.53 Å². The first-order valence-corrected chi connectivity index (χ1v) is 7.76. The summed E-state index contributed by atoms with van der Waals surface area (Å²) in [7, 11) is 0. The smallest absolute Gasteiger partial charge is 0.314 e. The minimum atomic E-state index is -0.536. The predicted molar refractivity (Wildman–Crippen MR) is 87.8 cm³/mol. The van der Waals surface area contributed by atoms with E-state index in [2.05, 4.69) is 29.6 Å². The minimum Gasteiger partial charge on any atom is -0.465 e. The highest BCUT2D eigenvalue weighted by Gasteiger charge is 2.42. The highest BCUT2D eigenvalue weighted by molar-refractivity contribution is 5.80. The van der Waals surface area contributed by atoms with Crippen LogP contribution < -0.4 is 5.32 Å². The van der Waals surface area contributed by atoms with E-state index in [4.69, 9.17) is 4.74 Å². The van der Waals surface area contributed by atoms with Gasteiger partial charge in [-0.25, -0.2) is 0 Å². The monoisotopic (exact) mass is 295 g/mol. The molecular weight excluding hydrogens is 274 g/mol. The Labute approximate surface area is 131 Å². The van der Waals surface area contributed by atoms with Gasteiger partial charge in [-0.1, -0.05) is 48.5 Å². The molecular formula is C19H21NO2. The maximum absolute atomic E-state index is 12.7. The number of esters is 1. The third kappa shape index (κ3) is 2.84. The van der Waals surface area contributed by atoms with Crippen LogP contribution in [-0.4, -0.2) is 19.1 Å². The van der Waals surface area contributed by atoms with E-state index in [-0.39, 0.29) is 5.97 Å². The summed E-state index contributed by atoms with van der Waals surface area (Å²) in [6.45, 7) is 2.88. The molecule has 0 saturated carbocycles. The average Bonchev–Trinajstić information content (AvgIpc) is 2.56. The number of rotatable bonds is 4. The number of fused-ring (bicyclic) bond motifs is 1. The summed E-state index contributed by atoms with van der Waals surface area (Å²) in [5, 5.41) is 3.41. The van der Waals surface area contributed by atoms with Gasteiger partial charge in [0, 0.05) is 12.2 Å². The topological polar surface area (TPSA) is 38.3 Å². The van der Waals surface area contributed by atoms with Gasteiger partial charge in [0.2, 0.25) is 0 Å². The first kappa shape index (κ1) is 14.6. The molecule has 0 amide bonds. The van der Waals surface area contributed by atoms with Gasteiger partial charge in [0.05, 0.1) is 12.0 Å². The van der Waals surface area contributed by atoms with Gasteiger partial charge in [0.1, 0.15) is 0 Å². The summed E-state index contributed by atoms with van der Waals surface area (Å²) in [5.41, 5.74) is 2.93. The van der Waals surface area contributed by atoms with Crippen LogP contribution in [-0.2, 0) is 22.4 Å². The van der Waals surface area contributed by atoms with E-state index in [0.29, 0.717) is 26.0 Å². The van der Waals surface area contributed by atoms with Crippen molar-refractivity contribution in [2.75, 3.05) is 18.5 Å². The fraction of sp³-hybridized carbons (Fsp3) is 0.316. The molecule has 0 spiro atoms. The normalized spacial score (nSPS) is 19.9. The van der Waals surface area contributed by atoms with Crippen LogP contribution in [0.3, 0.4) is 0 Å². The zero-order valence-corrected chi connectivity index (χ0v) is 12.8. The standard InChI is InChI=1S/C19H21NO2/c1-2-22-18(21)19(12-15-8-4-3-5-9-15)13-16-10-6-7-11-17(16)20-14-19/h3-11,20H,2,12-14H2,1H3/t19-/m0/s1. The summed E-state index contributed by atoms with van der Waals surface area (Å²) < 4.78 is 5.39. The Bertz CT molecular complexity index is 653. The molecule has 0 bridgehead atoms. The van der Waals surface area contributed by atoms with Crippen LogP contribution in [0.1, 0.15) is 18.1 Å². The maximum Gasteiger partial charge on any atom is 0.314 e. The molecule has 3 heteroatoms. The van der Waals surface area contributed by atoms with Gasteiger partial charge < -0.3 is 10.1 Å². The maximum atomic E-state index is 12.7. The number of carbonyl (C=O) groups is 1. The largest absolute Gasteiger partial charge is 0.465 e. The third-order valence-electron chi connectivity index (χ3n) is 4.26. The third-order valence-corrected chi connectivity index (χ3v) is 4.26. The Morgan fingerprint density at radius 2 is 1.86 bits per heavy atom. The van der Waals surface area contributed by atoms with Gasteiger partial charge >= 0.3 is 5.97 Å². The Hall–Kier alpha value is -2.29. The summed E-state index contributed by atoms with van der Waals surface area (Å²) in [6, 6.07) is 18.3. The van der Waals surface area contributed by atoms with Gasteiger partial charge in [-0.2, -0.15) is 0 Å². The summed E-state index contributed by atoms with van der Waals surface area (Å²) in [6.07, 6.45) is 1.40. The Kier molecular flexibility index (Phi) is 4.14. The van der Waals surface area contributed by atoms with Crippen LogP contribution >= 0.6 is 0 Å². The molecule has 1 aliphatic rings. The van der Waals surface area contributed by atoms with Crippen molar-refractivity contribution in [3.63, 3.8) is 0 Å². The van der Waals surface area contributed by atoms with Crippen LogP contribution in [0, 0.1) is 5.41 Å². The predicted octanol–water partition coefficient (Wildman–Crippen LogP) is 3.45. The number of anilines is 1. The highest BCUT2D eigenvalue weighted by Crippen LogP contribution is 2.36. The molecule has 0 unspecified atom stereocenters. The summed E-state index contributed by atoms with van der Waals surface area (Å²) in [4.78, 5) is 12.7. The average molecular weight is 295 g/mol. The SMILES string of the molecule is CCOC(=O)[C@]1(Cc2ccccc2)CNc2ccccc2C1. The molecule has 114 valence electrons. The van der Waals surface area contributed by atoms with E-state index in [9.17, 15) is 4.79 Å². The molecule has 0 aromatic heterocycles. The zero-order valence-electron chi connectivity index (χ0n) is 12.8. The summed E-state index contributed by atoms with van der Waals surface area (Å²) in [5.74, 6) is -0.110. The van der Waals surface area contributed by atoms with Gasteiger partial charge in [-0.3, -0.25) is 4.79 Å². The van der Waals surface area contributed by atoms with Crippen molar-refractivity contribution in [1.82, 2.24) is 0 Å². The number of hydrogen-bond donors (Lipinski definition) is 1. The van der Waals surface area contributed by atoms with E-state index in [1.807, 2.05) is 37.3 Å². The number of ether oxygens (including phenoxy) is 1. The van der Waals surface area contributed by atoms with Crippen molar-refractivity contribution in [3.05, 3.63) is 65.7 Å². The number of para-hydroxylation sites is 1. The molecule has 2 aromatic carbocycles. The van der Waals surface area contributed by atoms with E-state index < -0.39 is 5.41 Å². The van der Waals surface area contributed by atoms with Crippen LogP contribution in [0.2, 0.25) is 0 Å². The van der Waals surface area contributed by atoms with Gasteiger partial charge in [0.25, 0.3) is 0 Å². The van der Waals surface area contributed by atoms with E-state index in [0.717, 1.165) is 11.3 Å². The molecule has 3 nitrogen and oxygen atoms in total. The molecule has 0 aliphatic carbocycles. The van der Waals surface area contributed by atoms with E-state index >= 15 is 0 Å². The number of carbonyl (C=O) groups excluding carboxylic acids is 1. The van der Waals surface area contributed by atoms with Crippen molar-refractivity contribution in [2.24, 2.45) is 5.41 Å². The Morgan fingerprint density at radius 1 is 1.14 bits per heavy atom. The molecule has 1 aliphatic heterocycles. The number of hydrogen-bond acceptors (Lipinski definition) is 3. The van der Waals surface area contributed by atoms with E-state index in [1.54, 1.807) is 0 Å². The number of benzene rings is 2. The van der Waals surface area contributed by atoms with Crippen molar-refractivity contribution >= 4 is 11.7 Å². The van der Waals surface area contributed by atoms with Gasteiger partial charge in [-0.15, -0.1) is 0 Å². The van der Waals surface area contributed by atoms with Crippen LogP contribution in [0.25, 0.3) is 0 Å². The Balaban J connectivity index is 1.93. The van der Waals surface area contributed by atoms with Crippen molar-refractivity contribution in [3.8, 4) is 0 Å². The molecule has 1 heterocycles. The van der Waals surface area contributed by atoms with Crippen LogP contribution in [0.5, 0.6) is 0 Å². The molecule has 0 fully saturated rings. The quantitative estimate of drug-likeness (QED) is 0.878. The molecule has 2 aromatic rings. The van der Waals surface area contributed by atoms with Crippen LogP contribution in [0.4, 0.5) is 5.69 Å². The van der Waals surface area contributed by atoms with Crippen molar-refractivity contribution in [2.45, 2.75) is 19.8 Å². The fourth-order valence-corrected chi connectivity index (χ4v) is 3.15. The zero-order chi connectivity index (χ0) is 15.4. The lowest BCUT2D eigenvalue weighted by atomic mass is 9.74. The lowest BCUT2D eigenvalue weighted by Crippen LogP contribution is -2.45. The molecule has 3 rings (SSSR count). The lowest BCUT2D eigenvalue weighted by Gasteiger charge is -2.37. The Morgan fingerprint density at radius 3 is 2.64 bits per heavy atom. The molecule has 1 N–H and O–H groups in total. The van der Waals surface area contributed by atoms with Gasteiger partial charge in [-0.05, 0) is 37.0 Å². The molecule has 0 radical (unpaired) electrons. The first-order chi connectivity index (χ1) is 10.7. The second-order valence-electron chi connectivity index (χ2n) is 5.85. The van der Waals surface area contributed by atoms with Crippen LogP contribution in [0.15, 0.2) is 54.6 Å². The lowest BCUT2D eigenvalue weighted by molar-refractivity contribution is -0.154. The molecule has 1 atom stereocenters. The molecule has 0 saturated heterocycles. The first-order valence-electron chi connectivity index (χ1n) is 7.76. The fourth-order valence-electron chi connectivity index (χ4n) is 3.15. The number of nitrogens with one attached hydrogen (secondary N) is 1. The molecule has 22 heavy (non-hydrogen) atoms. The van der Waals surface area contributed by atoms with Gasteiger partial charge in [0.15, 0.2) is 0 Å². The second-order valence-corrected chi connectivity index (χ2v) is 5.85. The van der Waals surface area contributed by atoms with E-state index in [1.165, 1.54) is 5.56 Å². The highest BCUT2D eigenvalue weighted by atomic mass is 16.5. The minimum absolute atomic E-state index is 0.110. The second kappa shape index (κ2) is 6.22. The van der Waals surface area contributed by atoms with Crippen molar-refractivity contribution in [1.29, 1.82) is 0 Å².